The van der Waals surface area contributed by atoms with Crippen LogP contribution >= 0.6 is 22.9 Å². The van der Waals surface area contributed by atoms with E-state index in [0.29, 0.717) is 49.9 Å². The summed E-state index contributed by atoms with van der Waals surface area (Å²) in [6.07, 6.45) is -1.37. The van der Waals surface area contributed by atoms with Crippen molar-refractivity contribution in [3.63, 3.8) is 0 Å². The SMILES string of the molecule is COC[C@@H]1CN(c2ncnc(Nc3nc(-c4cc(Cl)cc(C(F)(F)F)c4)c(CN4[C@H](C)CC[C@H]4C)s3)c2F)CCN1CCC(=O)O. The maximum atomic E-state index is 16.0. The molecule has 4 heterocycles. The van der Waals surface area contributed by atoms with Crippen molar-refractivity contribution in [1.29, 1.82) is 0 Å². The van der Waals surface area contributed by atoms with Gasteiger partial charge in [-0.25, -0.2) is 15.0 Å². The molecule has 0 amide bonds. The van der Waals surface area contributed by atoms with Gasteiger partial charge in [-0.1, -0.05) is 22.9 Å². The number of carbonyl (C=O) groups is 1. The fourth-order valence-electron chi connectivity index (χ4n) is 6.09. The number of rotatable bonds is 11. The normalized spacial score (nSPS) is 21.2. The predicted octanol–water partition coefficient (Wildman–Crippen LogP) is 6.14. The number of nitrogens with one attached hydrogen (secondary N) is 1. The highest BCUT2D eigenvalue weighted by Crippen LogP contribution is 2.40. The molecule has 0 saturated carbocycles. The number of thiazole rings is 1. The Labute approximate surface area is 273 Å². The van der Waals surface area contributed by atoms with Crippen LogP contribution in [0.3, 0.4) is 0 Å². The van der Waals surface area contributed by atoms with Crippen molar-refractivity contribution in [3.05, 3.63) is 45.8 Å². The van der Waals surface area contributed by atoms with Crippen LogP contribution in [0, 0.1) is 5.82 Å². The Hall–Kier alpha value is -3.11. The molecule has 16 heteroatoms. The number of alkyl halides is 3. The zero-order valence-corrected chi connectivity index (χ0v) is 27.2. The average molecular weight is 686 g/mol. The molecule has 0 bridgehead atoms. The molecule has 2 N–H and O–H groups in total. The lowest BCUT2D eigenvalue weighted by atomic mass is 10.1. The Bertz CT molecular complexity index is 1530. The number of nitrogens with zero attached hydrogens (tertiary/aromatic N) is 6. The number of carboxylic acid groups (broad SMARTS) is 1. The summed E-state index contributed by atoms with van der Waals surface area (Å²) in [5.74, 6) is -1.67. The number of aliphatic carboxylic acids is 1. The van der Waals surface area contributed by atoms with E-state index in [0.717, 1.165) is 25.0 Å². The van der Waals surface area contributed by atoms with E-state index >= 15 is 4.39 Å². The van der Waals surface area contributed by atoms with Crippen molar-refractivity contribution < 1.29 is 32.2 Å². The van der Waals surface area contributed by atoms with Crippen LogP contribution in [-0.4, -0.2) is 93.8 Å². The molecule has 2 aliphatic rings. The van der Waals surface area contributed by atoms with E-state index in [4.69, 9.17) is 21.4 Å². The van der Waals surface area contributed by atoms with Crippen LogP contribution in [0.15, 0.2) is 24.5 Å². The van der Waals surface area contributed by atoms with E-state index in [1.54, 1.807) is 12.0 Å². The first-order chi connectivity index (χ1) is 21.8. The fourth-order valence-corrected chi connectivity index (χ4v) is 7.32. The molecule has 1 aromatic carbocycles. The summed E-state index contributed by atoms with van der Waals surface area (Å²) in [6, 6.07) is 3.73. The van der Waals surface area contributed by atoms with Gasteiger partial charge < -0.3 is 20.1 Å². The van der Waals surface area contributed by atoms with E-state index in [1.165, 1.54) is 23.7 Å². The van der Waals surface area contributed by atoms with Gasteiger partial charge in [0.2, 0.25) is 5.82 Å². The fraction of sp³-hybridized carbons (Fsp3) is 0.533. The molecule has 3 aromatic rings. The summed E-state index contributed by atoms with van der Waals surface area (Å²) in [4.78, 5) is 30.8. The number of aromatic nitrogens is 3. The Balaban J connectivity index is 1.44. The Kier molecular flexibility index (Phi) is 10.7. The largest absolute Gasteiger partial charge is 0.481 e. The second kappa shape index (κ2) is 14.3. The van der Waals surface area contributed by atoms with Gasteiger partial charge in [-0.05, 0) is 44.9 Å². The lowest BCUT2D eigenvalue weighted by Crippen LogP contribution is -2.55. The molecular weight excluding hydrogens is 650 g/mol. The number of likely N-dealkylation sites (tertiary alicyclic amines) is 1. The van der Waals surface area contributed by atoms with Gasteiger partial charge in [0.1, 0.15) is 6.33 Å². The van der Waals surface area contributed by atoms with Crippen molar-refractivity contribution in [1.82, 2.24) is 24.8 Å². The third kappa shape index (κ3) is 7.88. The van der Waals surface area contributed by atoms with Crippen molar-refractivity contribution >= 4 is 45.7 Å². The number of methoxy groups -OCH3 is 1. The number of carboxylic acids is 1. The van der Waals surface area contributed by atoms with Crippen molar-refractivity contribution in [2.24, 2.45) is 0 Å². The number of hydrogen-bond donors (Lipinski definition) is 2. The van der Waals surface area contributed by atoms with E-state index in [9.17, 15) is 18.0 Å². The second-order valence-electron chi connectivity index (χ2n) is 11.7. The minimum absolute atomic E-state index is 0.0176. The topological polar surface area (TPSA) is 107 Å². The van der Waals surface area contributed by atoms with Crippen LogP contribution in [0.4, 0.5) is 34.3 Å². The van der Waals surface area contributed by atoms with Crippen LogP contribution in [0.2, 0.25) is 5.02 Å². The standard InChI is InChI=1S/C30H36ClF4N7O3S/c1-17-4-5-18(2)42(17)14-23-26(19-10-20(30(33,34)35)12-21(31)11-19)38-29(46-23)39-27-25(32)28(37-16-36-27)41-9-8-40(7-6-24(43)44)22(13-41)15-45-3/h10-12,16-18,22H,4-9,13-15H2,1-3H3,(H,43,44)(H,36,37,38,39)/t17-,18-,22+/m1/s1. The molecule has 0 aliphatic carbocycles. The minimum Gasteiger partial charge on any atom is -0.481 e. The summed E-state index contributed by atoms with van der Waals surface area (Å²) in [7, 11) is 1.55. The molecule has 5 rings (SSSR count). The molecule has 250 valence electrons. The molecular formula is C30H36ClF4N7O3S. The molecule has 0 radical (unpaired) electrons. The number of anilines is 3. The highest BCUT2D eigenvalue weighted by molar-refractivity contribution is 7.16. The van der Waals surface area contributed by atoms with Gasteiger partial charge in [-0.2, -0.15) is 17.6 Å². The monoisotopic (exact) mass is 685 g/mol. The summed E-state index contributed by atoms with van der Waals surface area (Å²) in [5, 5.41) is 12.3. The summed E-state index contributed by atoms with van der Waals surface area (Å²) < 4.78 is 62.4. The predicted molar refractivity (Wildman–Crippen MR) is 168 cm³/mol. The zero-order chi connectivity index (χ0) is 33.2. The maximum Gasteiger partial charge on any atom is 0.416 e. The van der Waals surface area contributed by atoms with Gasteiger partial charge in [0.05, 0.1) is 30.3 Å². The number of benzene rings is 1. The molecule has 2 aromatic heterocycles. The van der Waals surface area contributed by atoms with Crippen molar-refractivity contribution in [2.75, 3.05) is 50.1 Å². The Morgan fingerprint density at radius 1 is 1.17 bits per heavy atom. The average Bonchev–Trinajstić information content (AvgIpc) is 3.54. The first-order valence-electron chi connectivity index (χ1n) is 14.9. The zero-order valence-electron chi connectivity index (χ0n) is 25.7. The molecule has 10 nitrogen and oxygen atoms in total. The molecule has 3 atom stereocenters. The molecule has 2 saturated heterocycles. The quantitative estimate of drug-likeness (QED) is 0.229. The van der Waals surface area contributed by atoms with Gasteiger partial charge in [-0.3, -0.25) is 14.6 Å². The highest BCUT2D eigenvalue weighted by atomic mass is 35.5. The van der Waals surface area contributed by atoms with Crippen molar-refractivity contribution in [3.8, 4) is 11.3 Å². The van der Waals surface area contributed by atoms with Crippen LogP contribution < -0.4 is 10.2 Å². The summed E-state index contributed by atoms with van der Waals surface area (Å²) >= 11 is 7.36. The number of hydrogen-bond acceptors (Lipinski definition) is 10. The Morgan fingerprint density at radius 2 is 1.91 bits per heavy atom. The van der Waals surface area contributed by atoms with Crippen LogP contribution in [0.25, 0.3) is 11.3 Å². The molecule has 2 fully saturated rings. The van der Waals surface area contributed by atoms with Crippen molar-refractivity contribution in [2.45, 2.75) is 64.0 Å². The maximum absolute atomic E-state index is 16.0. The van der Waals surface area contributed by atoms with Gasteiger partial charge >= 0.3 is 12.1 Å². The summed E-state index contributed by atoms with van der Waals surface area (Å²) in [6.45, 7) is 6.60. The van der Waals surface area contributed by atoms with Crippen LogP contribution in [0.5, 0.6) is 0 Å². The third-order valence-corrected chi connectivity index (χ3v) is 9.70. The number of halogens is 5. The second-order valence-corrected chi connectivity index (χ2v) is 13.2. The molecule has 0 unspecified atom stereocenters. The highest BCUT2D eigenvalue weighted by Gasteiger charge is 2.34. The van der Waals surface area contributed by atoms with E-state index in [1.807, 2.05) is 4.90 Å². The van der Waals surface area contributed by atoms with Crippen LogP contribution in [0.1, 0.15) is 43.6 Å². The smallest absolute Gasteiger partial charge is 0.416 e. The third-order valence-electron chi connectivity index (χ3n) is 8.53. The first-order valence-corrected chi connectivity index (χ1v) is 16.1. The van der Waals surface area contributed by atoms with E-state index in [2.05, 4.69) is 39.0 Å². The van der Waals surface area contributed by atoms with Gasteiger partial charge in [0.25, 0.3) is 0 Å². The lowest BCUT2D eigenvalue weighted by Gasteiger charge is -2.41. The minimum atomic E-state index is -4.60. The van der Waals surface area contributed by atoms with E-state index < -0.39 is 23.5 Å². The van der Waals surface area contributed by atoms with Gasteiger partial charge in [-0.15, -0.1) is 0 Å². The lowest BCUT2D eigenvalue weighted by molar-refractivity contribution is -0.138. The van der Waals surface area contributed by atoms with E-state index in [-0.39, 0.29) is 51.9 Å². The molecule has 46 heavy (non-hydrogen) atoms. The van der Waals surface area contributed by atoms with Gasteiger partial charge in [0, 0.05) is 67.4 Å². The van der Waals surface area contributed by atoms with Gasteiger partial charge in [0.15, 0.2) is 16.8 Å². The Morgan fingerprint density at radius 3 is 2.59 bits per heavy atom. The number of piperazine rings is 1. The summed E-state index contributed by atoms with van der Waals surface area (Å²) in [5.41, 5.74) is -0.332. The van der Waals surface area contributed by atoms with Crippen LogP contribution in [-0.2, 0) is 22.3 Å². The number of ether oxygens (including phenoxy) is 1. The molecule has 0 spiro atoms. The first kappa shape index (κ1) is 34.2. The molecule has 2 aliphatic heterocycles.